The molecule has 1 N–H and O–H groups in total. The minimum atomic E-state index is 0.842. The fourth-order valence-electron chi connectivity index (χ4n) is 1.56. The second-order valence-electron chi connectivity index (χ2n) is 3.89. The lowest BCUT2D eigenvalue weighted by atomic mass is 10.0. The molecule has 1 nitrogen and oxygen atoms in total. The zero-order valence-electron chi connectivity index (χ0n) is 9.47. The molecule has 2 heteroatoms. The summed E-state index contributed by atoms with van der Waals surface area (Å²) in [6, 6.07) is 0. The fourth-order valence-corrected chi connectivity index (χ4v) is 2.41. The largest absolute Gasteiger partial charge is 0.312 e. The normalized spacial score (nSPS) is 11.1. The van der Waals surface area contributed by atoms with Gasteiger partial charge in [-0.2, -0.15) is 11.3 Å². The number of rotatable bonds is 6. The second-order valence-corrected chi connectivity index (χ2v) is 4.64. The Morgan fingerprint density at radius 3 is 2.50 bits per heavy atom. The first-order valence-electron chi connectivity index (χ1n) is 5.50. The highest BCUT2D eigenvalue weighted by atomic mass is 32.1. The Morgan fingerprint density at radius 2 is 2.00 bits per heavy atom. The van der Waals surface area contributed by atoms with Gasteiger partial charge in [-0.3, -0.25) is 0 Å². The third-order valence-electron chi connectivity index (χ3n) is 2.86. The van der Waals surface area contributed by atoms with Crippen molar-refractivity contribution in [3.8, 4) is 0 Å². The highest BCUT2D eigenvalue weighted by Crippen LogP contribution is 2.13. The van der Waals surface area contributed by atoms with Crippen molar-refractivity contribution in [1.82, 2.24) is 5.32 Å². The van der Waals surface area contributed by atoms with Crippen LogP contribution in [0, 0.1) is 12.8 Å². The summed E-state index contributed by atoms with van der Waals surface area (Å²) in [4.78, 5) is 0. The molecule has 14 heavy (non-hydrogen) atoms. The van der Waals surface area contributed by atoms with Crippen molar-refractivity contribution in [1.29, 1.82) is 0 Å². The first kappa shape index (κ1) is 11.7. The average molecular weight is 211 g/mol. The Morgan fingerprint density at radius 1 is 1.29 bits per heavy atom. The van der Waals surface area contributed by atoms with E-state index in [0.717, 1.165) is 19.0 Å². The molecule has 1 aromatic rings. The number of thiophene rings is 1. The van der Waals surface area contributed by atoms with Crippen LogP contribution in [0.25, 0.3) is 0 Å². The van der Waals surface area contributed by atoms with Crippen molar-refractivity contribution < 1.29 is 0 Å². The molecule has 0 radical (unpaired) electrons. The third-order valence-corrected chi connectivity index (χ3v) is 3.78. The molecular formula is C12H21NS. The van der Waals surface area contributed by atoms with Crippen molar-refractivity contribution in [3.63, 3.8) is 0 Å². The first-order valence-corrected chi connectivity index (χ1v) is 6.44. The van der Waals surface area contributed by atoms with Crippen LogP contribution in [0.1, 0.15) is 37.8 Å². The van der Waals surface area contributed by atoms with Gasteiger partial charge in [-0.15, -0.1) is 0 Å². The Labute approximate surface area is 91.5 Å². The number of hydrogen-bond donors (Lipinski definition) is 1. The van der Waals surface area contributed by atoms with E-state index in [1.54, 1.807) is 11.3 Å². The van der Waals surface area contributed by atoms with E-state index < -0.39 is 0 Å². The van der Waals surface area contributed by atoms with Gasteiger partial charge in [0.25, 0.3) is 0 Å². The maximum Gasteiger partial charge on any atom is 0.0216 e. The minimum absolute atomic E-state index is 0.842. The van der Waals surface area contributed by atoms with Crippen molar-refractivity contribution >= 4 is 11.3 Å². The van der Waals surface area contributed by atoms with Gasteiger partial charge in [-0.1, -0.05) is 26.7 Å². The Bertz CT molecular complexity index is 251. The van der Waals surface area contributed by atoms with Crippen LogP contribution in [0.3, 0.4) is 0 Å². The van der Waals surface area contributed by atoms with Crippen molar-refractivity contribution in [2.75, 3.05) is 6.54 Å². The van der Waals surface area contributed by atoms with E-state index in [9.17, 15) is 0 Å². The predicted molar refractivity (Wildman–Crippen MR) is 64.8 cm³/mol. The van der Waals surface area contributed by atoms with Crippen LogP contribution in [0.5, 0.6) is 0 Å². The van der Waals surface area contributed by atoms with Crippen molar-refractivity contribution in [2.24, 2.45) is 5.92 Å². The maximum atomic E-state index is 3.54. The van der Waals surface area contributed by atoms with Crippen LogP contribution in [-0.4, -0.2) is 6.54 Å². The third kappa shape index (κ3) is 3.43. The van der Waals surface area contributed by atoms with Gasteiger partial charge >= 0.3 is 0 Å². The molecule has 0 spiro atoms. The molecule has 0 aliphatic rings. The molecule has 0 fully saturated rings. The van der Waals surface area contributed by atoms with E-state index in [1.165, 1.54) is 24.0 Å². The minimum Gasteiger partial charge on any atom is -0.312 e. The molecule has 0 aliphatic heterocycles. The van der Waals surface area contributed by atoms with Gasteiger partial charge < -0.3 is 5.32 Å². The van der Waals surface area contributed by atoms with E-state index in [2.05, 4.69) is 36.8 Å². The highest BCUT2D eigenvalue weighted by molar-refractivity contribution is 7.08. The van der Waals surface area contributed by atoms with Crippen LogP contribution < -0.4 is 5.32 Å². The molecule has 1 rings (SSSR count). The van der Waals surface area contributed by atoms with Crippen molar-refractivity contribution in [2.45, 2.75) is 40.2 Å². The number of nitrogens with one attached hydrogen (secondary N) is 1. The molecule has 1 heterocycles. The summed E-state index contributed by atoms with van der Waals surface area (Å²) < 4.78 is 0. The predicted octanol–water partition coefficient (Wildman–Crippen LogP) is 3.58. The lowest BCUT2D eigenvalue weighted by Crippen LogP contribution is -2.21. The standard InChI is InChI=1S/C12H21NS/c1-4-11(5-2)6-13-7-12-9-14-8-10(12)3/h8-9,11,13H,4-7H2,1-3H3. The fraction of sp³-hybridized carbons (Fsp3) is 0.667. The molecule has 0 amide bonds. The summed E-state index contributed by atoms with van der Waals surface area (Å²) in [7, 11) is 0. The van der Waals surface area contributed by atoms with E-state index >= 15 is 0 Å². The molecule has 80 valence electrons. The molecule has 0 saturated carbocycles. The van der Waals surface area contributed by atoms with Gasteiger partial charge in [0, 0.05) is 6.54 Å². The van der Waals surface area contributed by atoms with Crippen LogP contribution in [0.4, 0.5) is 0 Å². The average Bonchev–Trinajstić information content (AvgIpc) is 2.59. The lowest BCUT2D eigenvalue weighted by molar-refractivity contribution is 0.449. The van der Waals surface area contributed by atoms with Gasteiger partial charge in [-0.25, -0.2) is 0 Å². The molecule has 0 unspecified atom stereocenters. The van der Waals surface area contributed by atoms with E-state index in [-0.39, 0.29) is 0 Å². The summed E-state index contributed by atoms with van der Waals surface area (Å²) in [5.74, 6) is 0.842. The van der Waals surface area contributed by atoms with Crippen LogP contribution in [-0.2, 0) is 6.54 Å². The molecule has 0 saturated heterocycles. The molecular weight excluding hydrogens is 190 g/mol. The summed E-state index contributed by atoms with van der Waals surface area (Å²) >= 11 is 1.80. The van der Waals surface area contributed by atoms with Crippen LogP contribution in [0.2, 0.25) is 0 Å². The van der Waals surface area contributed by atoms with Gasteiger partial charge in [0.15, 0.2) is 0 Å². The smallest absolute Gasteiger partial charge is 0.0216 e. The maximum absolute atomic E-state index is 3.54. The monoisotopic (exact) mass is 211 g/mol. The summed E-state index contributed by atoms with van der Waals surface area (Å²) in [5.41, 5.74) is 2.88. The van der Waals surface area contributed by atoms with Gasteiger partial charge in [0.1, 0.15) is 0 Å². The topological polar surface area (TPSA) is 12.0 Å². The number of aryl methyl sites for hydroxylation is 1. The Kier molecular flexibility index (Phi) is 5.20. The summed E-state index contributed by atoms with van der Waals surface area (Å²) in [6.45, 7) is 8.91. The van der Waals surface area contributed by atoms with Gasteiger partial charge in [-0.05, 0) is 41.3 Å². The first-order chi connectivity index (χ1) is 6.77. The quantitative estimate of drug-likeness (QED) is 0.758. The Hall–Kier alpha value is -0.340. The molecule has 0 atom stereocenters. The van der Waals surface area contributed by atoms with E-state index in [1.807, 2.05) is 0 Å². The zero-order chi connectivity index (χ0) is 10.4. The Balaban J connectivity index is 2.24. The summed E-state index contributed by atoms with van der Waals surface area (Å²) in [6.07, 6.45) is 2.57. The van der Waals surface area contributed by atoms with E-state index in [0.29, 0.717) is 0 Å². The van der Waals surface area contributed by atoms with E-state index in [4.69, 9.17) is 0 Å². The molecule has 0 aromatic carbocycles. The number of hydrogen-bond acceptors (Lipinski definition) is 2. The summed E-state index contributed by atoms with van der Waals surface area (Å²) in [5, 5.41) is 8.00. The van der Waals surface area contributed by atoms with Crippen LogP contribution >= 0.6 is 11.3 Å². The van der Waals surface area contributed by atoms with Crippen molar-refractivity contribution in [3.05, 3.63) is 21.9 Å². The van der Waals surface area contributed by atoms with Gasteiger partial charge in [0.05, 0.1) is 0 Å². The molecule has 0 bridgehead atoms. The zero-order valence-corrected chi connectivity index (χ0v) is 10.3. The lowest BCUT2D eigenvalue weighted by Gasteiger charge is -2.12. The molecule has 0 aliphatic carbocycles. The van der Waals surface area contributed by atoms with Gasteiger partial charge in [0.2, 0.25) is 0 Å². The highest BCUT2D eigenvalue weighted by Gasteiger charge is 2.03. The van der Waals surface area contributed by atoms with Crippen LogP contribution in [0.15, 0.2) is 10.8 Å². The SMILES string of the molecule is CCC(CC)CNCc1cscc1C. The second kappa shape index (κ2) is 6.20. The molecule has 1 aromatic heterocycles.